The zero-order chi connectivity index (χ0) is 16.4. The number of imidazole rings is 1. The van der Waals surface area contributed by atoms with Gasteiger partial charge in [-0.2, -0.15) is 5.26 Å². The van der Waals surface area contributed by atoms with Gasteiger partial charge in [0.2, 0.25) is 0 Å². The highest BCUT2D eigenvalue weighted by molar-refractivity contribution is 6.30. The zero-order valence-electron chi connectivity index (χ0n) is 13.3. The Morgan fingerprint density at radius 1 is 1.17 bits per heavy atom. The number of halogens is 1. The van der Waals surface area contributed by atoms with Crippen LogP contribution in [-0.4, -0.2) is 9.55 Å². The number of hydrogen-bond donors (Lipinski definition) is 0. The van der Waals surface area contributed by atoms with Gasteiger partial charge in [-0.25, -0.2) is 4.98 Å². The van der Waals surface area contributed by atoms with Gasteiger partial charge in [-0.15, -0.1) is 0 Å². The minimum Gasteiger partial charge on any atom is -0.324 e. The first kappa shape index (κ1) is 15.6. The molecule has 23 heavy (non-hydrogen) atoms. The summed E-state index contributed by atoms with van der Waals surface area (Å²) in [5.74, 6) is 0.908. The largest absolute Gasteiger partial charge is 0.324 e. The fourth-order valence-corrected chi connectivity index (χ4v) is 2.96. The van der Waals surface area contributed by atoms with E-state index in [-0.39, 0.29) is 0 Å². The number of aryl methyl sites for hydroxylation is 3. The van der Waals surface area contributed by atoms with Crippen LogP contribution in [0, 0.1) is 25.2 Å². The van der Waals surface area contributed by atoms with Crippen molar-refractivity contribution in [1.82, 2.24) is 9.55 Å². The zero-order valence-corrected chi connectivity index (χ0v) is 14.1. The van der Waals surface area contributed by atoms with E-state index in [9.17, 15) is 0 Å². The van der Waals surface area contributed by atoms with Crippen LogP contribution in [0.25, 0.3) is 22.4 Å². The summed E-state index contributed by atoms with van der Waals surface area (Å²) >= 11 is 6.14. The van der Waals surface area contributed by atoms with Gasteiger partial charge in [0.15, 0.2) is 0 Å². The van der Waals surface area contributed by atoms with E-state index in [0.717, 1.165) is 35.4 Å². The highest BCUT2D eigenvalue weighted by Crippen LogP contribution is 2.28. The Kier molecular flexibility index (Phi) is 4.36. The minimum atomic E-state index is 0.541. The Morgan fingerprint density at radius 2 is 1.96 bits per heavy atom. The number of benzene rings is 2. The minimum absolute atomic E-state index is 0.541. The molecule has 0 N–H and O–H groups in total. The monoisotopic (exact) mass is 323 g/mol. The first-order chi connectivity index (χ1) is 11.1. The molecule has 2 aromatic carbocycles. The first-order valence-electron chi connectivity index (χ1n) is 7.70. The second-order valence-corrected chi connectivity index (χ2v) is 6.22. The van der Waals surface area contributed by atoms with Gasteiger partial charge in [-0.05, 0) is 55.7 Å². The van der Waals surface area contributed by atoms with Gasteiger partial charge in [0.25, 0.3) is 0 Å². The molecule has 0 aliphatic carbocycles. The molecule has 0 saturated heterocycles. The molecule has 0 amide bonds. The standard InChI is InChI=1S/C19H18ClN3/c1-13-10-17-18(11-14(13)2)23(9-4-3-8-21)19(22-17)15-6-5-7-16(20)12-15/h5-7,10-12H,3-4,9H2,1-2H3. The van der Waals surface area contributed by atoms with Gasteiger partial charge >= 0.3 is 0 Å². The molecule has 0 atom stereocenters. The average molecular weight is 324 g/mol. The number of aromatic nitrogens is 2. The third-order valence-corrected chi connectivity index (χ3v) is 4.35. The lowest BCUT2D eigenvalue weighted by Gasteiger charge is -2.09. The predicted octanol–water partition coefficient (Wildman–Crippen LogP) is 5.28. The maximum Gasteiger partial charge on any atom is 0.141 e. The van der Waals surface area contributed by atoms with E-state index in [0.29, 0.717) is 11.4 Å². The van der Waals surface area contributed by atoms with Crippen LogP contribution in [0.3, 0.4) is 0 Å². The van der Waals surface area contributed by atoms with E-state index >= 15 is 0 Å². The number of hydrogen-bond acceptors (Lipinski definition) is 2. The van der Waals surface area contributed by atoms with Gasteiger partial charge in [0.05, 0.1) is 17.1 Å². The molecule has 3 rings (SSSR count). The first-order valence-corrected chi connectivity index (χ1v) is 8.08. The van der Waals surface area contributed by atoms with Gasteiger partial charge in [0, 0.05) is 23.6 Å². The summed E-state index contributed by atoms with van der Waals surface area (Å²) in [6.45, 7) is 4.98. The molecular weight excluding hydrogens is 306 g/mol. The lowest BCUT2D eigenvalue weighted by atomic mass is 10.1. The molecule has 0 aliphatic heterocycles. The summed E-state index contributed by atoms with van der Waals surface area (Å²) in [6.07, 6.45) is 1.35. The van der Waals surface area contributed by atoms with Crippen LogP contribution in [0.5, 0.6) is 0 Å². The SMILES string of the molecule is Cc1cc2nc(-c3cccc(Cl)c3)n(CCCC#N)c2cc1C. The average Bonchev–Trinajstić information content (AvgIpc) is 2.86. The molecular formula is C19H18ClN3. The Hall–Kier alpha value is -2.31. The molecule has 4 heteroatoms. The van der Waals surface area contributed by atoms with E-state index in [1.54, 1.807) is 0 Å². The van der Waals surface area contributed by atoms with Crippen molar-refractivity contribution in [1.29, 1.82) is 5.26 Å². The lowest BCUT2D eigenvalue weighted by Crippen LogP contribution is -2.01. The van der Waals surface area contributed by atoms with Crippen LogP contribution >= 0.6 is 11.6 Å². The lowest BCUT2D eigenvalue weighted by molar-refractivity contribution is 0.675. The van der Waals surface area contributed by atoms with Gasteiger partial charge < -0.3 is 4.57 Å². The Morgan fingerprint density at radius 3 is 2.70 bits per heavy atom. The summed E-state index contributed by atoms with van der Waals surface area (Å²) < 4.78 is 2.20. The number of rotatable bonds is 4. The third kappa shape index (κ3) is 3.09. The van der Waals surface area contributed by atoms with Gasteiger partial charge in [-0.3, -0.25) is 0 Å². The van der Waals surface area contributed by atoms with Crippen molar-refractivity contribution in [2.45, 2.75) is 33.2 Å². The fraction of sp³-hybridized carbons (Fsp3) is 0.263. The van der Waals surface area contributed by atoms with Crippen LogP contribution in [0.2, 0.25) is 5.02 Å². The van der Waals surface area contributed by atoms with Gasteiger partial charge in [-0.1, -0.05) is 23.7 Å². The van der Waals surface area contributed by atoms with Crippen LogP contribution < -0.4 is 0 Å². The van der Waals surface area contributed by atoms with Gasteiger partial charge in [0.1, 0.15) is 5.82 Å². The van der Waals surface area contributed by atoms with Crippen molar-refractivity contribution < 1.29 is 0 Å². The molecule has 0 saturated carbocycles. The van der Waals surface area contributed by atoms with Crippen LogP contribution in [-0.2, 0) is 6.54 Å². The van der Waals surface area contributed by atoms with Crippen molar-refractivity contribution in [3.63, 3.8) is 0 Å². The molecule has 3 nitrogen and oxygen atoms in total. The molecule has 0 aliphatic rings. The maximum atomic E-state index is 8.82. The van der Waals surface area contributed by atoms with Crippen molar-refractivity contribution in [2.24, 2.45) is 0 Å². The summed E-state index contributed by atoms with van der Waals surface area (Å²) in [7, 11) is 0. The molecule has 0 unspecified atom stereocenters. The van der Waals surface area contributed by atoms with E-state index in [1.165, 1.54) is 11.1 Å². The maximum absolute atomic E-state index is 8.82. The molecule has 0 bridgehead atoms. The second kappa shape index (κ2) is 6.44. The second-order valence-electron chi connectivity index (χ2n) is 5.78. The summed E-state index contributed by atoms with van der Waals surface area (Å²) in [6, 6.07) is 14.3. The predicted molar refractivity (Wildman–Crippen MR) is 94.5 cm³/mol. The van der Waals surface area contributed by atoms with E-state index < -0.39 is 0 Å². The summed E-state index contributed by atoms with van der Waals surface area (Å²) in [5, 5.41) is 9.52. The summed E-state index contributed by atoms with van der Waals surface area (Å²) in [5.41, 5.74) is 5.58. The molecule has 1 heterocycles. The fourth-order valence-electron chi connectivity index (χ4n) is 2.77. The number of nitrogens with zero attached hydrogens (tertiary/aromatic N) is 3. The Bertz CT molecular complexity index is 903. The van der Waals surface area contributed by atoms with Crippen LogP contribution in [0.4, 0.5) is 0 Å². The van der Waals surface area contributed by atoms with Crippen molar-refractivity contribution in [2.75, 3.05) is 0 Å². The molecule has 0 fully saturated rings. The normalized spacial score (nSPS) is 10.9. The van der Waals surface area contributed by atoms with Crippen LogP contribution in [0.1, 0.15) is 24.0 Å². The van der Waals surface area contributed by atoms with Crippen molar-refractivity contribution >= 4 is 22.6 Å². The van der Waals surface area contributed by atoms with Crippen molar-refractivity contribution in [3.8, 4) is 17.5 Å². The highest BCUT2D eigenvalue weighted by Gasteiger charge is 2.14. The highest BCUT2D eigenvalue weighted by atomic mass is 35.5. The Balaban J connectivity index is 2.19. The molecule has 0 spiro atoms. The van der Waals surface area contributed by atoms with Crippen LogP contribution in [0.15, 0.2) is 36.4 Å². The topological polar surface area (TPSA) is 41.6 Å². The summed E-state index contributed by atoms with van der Waals surface area (Å²) in [4.78, 5) is 4.83. The third-order valence-electron chi connectivity index (χ3n) is 4.12. The quantitative estimate of drug-likeness (QED) is 0.613. The number of nitriles is 1. The number of fused-ring (bicyclic) bond motifs is 1. The van der Waals surface area contributed by atoms with E-state index in [2.05, 4.69) is 36.6 Å². The smallest absolute Gasteiger partial charge is 0.141 e. The van der Waals surface area contributed by atoms with Crippen molar-refractivity contribution in [3.05, 3.63) is 52.5 Å². The molecule has 0 radical (unpaired) electrons. The Labute approximate surface area is 141 Å². The van der Waals surface area contributed by atoms with E-state index in [4.69, 9.17) is 21.8 Å². The molecule has 1 aromatic heterocycles. The molecule has 116 valence electrons. The number of unbranched alkanes of at least 4 members (excludes halogenated alkanes) is 1. The molecule has 3 aromatic rings. The van der Waals surface area contributed by atoms with E-state index in [1.807, 2.05) is 24.3 Å².